The lowest BCUT2D eigenvalue weighted by Gasteiger charge is -2.10. The van der Waals surface area contributed by atoms with Gasteiger partial charge < -0.3 is 4.74 Å². The van der Waals surface area contributed by atoms with E-state index in [4.69, 9.17) is 10.00 Å². The summed E-state index contributed by atoms with van der Waals surface area (Å²) < 4.78 is 5.08. The van der Waals surface area contributed by atoms with Crippen molar-refractivity contribution in [2.75, 3.05) is 7.11 Å². The summed E-state index contributed by atoms with van der Waals surface area (Å²) in [5, 5.41) is 9.04. The van der Waals surface area contributed by atoms with Crippen molar-refractivity contribution in [2.24, 2.45) is 0 Å². The zero-order chi connectivity index (χ0) is 11.4. The fraction of sp³-hybridized carbons (Fsp3) is 0.333. The van der Waals surface area contributed by atoms with E-state index in [1.807, 2.05) is 13.0 Å². The van der Waals surface area contributed by atoms with Gasteiger partial charge in [-0.2, -0.15) is 5.26 Å². The van der Waals surface area contributed by atoms with Gasteiger partial charge in [0.15, 0.2) is 5.78 Å². The average Bonchev–Trinajstić information content (AvgIpc) is 2.26. The first kappa shape index (κ1) is 11.3. The number of aryl methyl sites for hydroxylation is 1. The number of methoxy groups -OCH3 is 1. The topological polar surface area (TPSA) is 50.1 Å². The molecule has 0 heterocycles. The van der Waals surface area contributed by atoms with E-state index in [1.54, 1.807) is 6.07 Å². The van der Waals surface area contributed by atoms with Crippen molar-refractivity contribution in [1.82, 2.24) is 0 Å². The predicted molar refractivity (Wildman–Crippen MR) is 57.1 cm³/mol. The van der Waals surface area contributed by atoms with Crippen LogP contribution in [0.25, 0.3) is 0 Å². The number of nitriles is 1. The predicted octanol–water partition coefficient (Wildman–Crippen LogP) is 2.33. The highest BCUT2D eigenvalue weighted by atomic mass is 16.5. The van der Waals surface area contributed by atoms with Gasteiger partial charge in [-0.25, -0.2) is 0 Å². The van der Waals surface area contributed by atoms with Crippen LogP contribution in [-0.4, -0.2) is 12.9 Å². The third kappa shape index (κ3) is 1.99. The molecule has 0 unspecified atom stereocenters. The molecule has 15 heavy (non-hydrogen) atoms. The normalized spacial score (nSPS) is 9.47. The number of Topliss-reactive ketones (excluding diaryl/α,β-unsaturated/α-hetero) is 1. The number of carbonyl (C=O) groups is 1. The van der Waals surface area contributed by atoms with Crippen LogP contribution < -0.4 is 4.74 Å². The van der Waals surface area contributed by atoms with Gasteiger partial charge in [0.05, 0.1) is 18.2 Å². The van der Waals surface area contributed by atoms with E-state index in [1.165, 1.54) is 14.0 Å². The minimum absolute atomic E-state index is 0.140. The van der Waals surface area contributed by atoms with Gasteiger partial charge >= 0.3 is 0 Å². The van der Waals surface area contributed by atoms with Gasteiger partial charge in [-0.15, -0.1) is 0 Å². The Morgan fingerprint density at radius 2 is 2.20 bits per heavy atom. The number of nitrogens with zero attached hydrogens (tertiary/aromatic N) is 1. The van der Waals surface area contributed by atoms with Gasteiger partial charge in [-0.3, -0.25) is 4.79 Å². The highest BCUT2D eigenvalue weighted by Gasteiger charge is 2.16. The van der Waals surface area contributed by atoms with Crippen molar-refractivity contribution in [2.45, 2.75) is 20.3 Å². The van der Waals surface area contributed by atoms with E-state index in [-0.39, 0.29) is 5.78 Å². The Hall–Kier alpha value is -1.82. The van der Waals surface area contributed by atoms with Gasteiger partial charge in [-0.05, 0) is 25.0 Å². The third-order valence-electron chi connectivity index (χ3n) is 2.32. The highest BCUT2D eigenvalue weighted by Crippen LogP contribution is 2.25. The Morgan fingerprint density at radius 1 is 1.53 bits per heavy atom. The van der Waals surface area contributed by atoms with E-state index in [2.05, 4.69) is 6.07 Å². The molecular weight excluding hydrogens is 190 g/mol. The van der Waals surface area contributed by atoms with Gasteiger partial charge in [-0.1, -0.05) is 13.0 Å². The number of benzene rings is 1. The molecule has 0 bridgehead atoms. The van der Waals surface area contributed by atoms with Crippen LogP contribution in [0.3, 0.4) is 0 Å². The molecule has 3 nitrogen and oxygen atoms in total. The summed E-state index contributed by atoms with van der Waals surface area (Å²) in [5.74, 6) is 0.329. The maximum Gasteiger partial charge on any atom is 0.164 e. The van der Waals surface area contributed by atoms with Crippen molar-refractivity contribution in [3.8, 4) is 11.8 Å². The Kier molecular flexibility index (Phi) is 3.46. The molecule has 0 saturated heterocycles. The quantitative estimate of drug-likeness (QED) is 0.708. The molecule has 3 heteroatoms. The fourth-order valence-electron chi connectivity index (χ4n) is 1.57. The largest absolute Gasteiger partial charge is 0.496 e. The van der Waals surface area contributed by atoms with Crippen LogP contribution in [0.4, 0.5) is 0 Å². The molecule has 0 aromatic heterocycles. The lowest BCUT2D eigenvalue weighted by Crippen LogP contribution is -2.04. The first-order chi connectivity index (χ1) is 7.15. The fourth-order valence-corrected chi connectivity index (χ4v) is 1.57. The minimum atomic E-state index is -0.140. The van der Waals surface area contributed by atoms with Crippen molar-refractivity contribution < 1.29 is 9.53 Å². The molecule has 0 spiro atoms. The van der Waals surface area contributed by atoms with Gasteiger partial charge in [0, 0.05) is 0 Å². The van der Waals surface area contributed by atoms with E-state index in [9.17, 15) is 4.79 Å². The zero-order valence-electron chi connectivity index (χ0n) is 9.13. The van der Waals surface area contributed by atoms with Crippen LogP contribution in [-0.2, 0) is 6.42 Å². The van der Waals surface area contributed by atoms with Crippen LogP contribution in [0.1, 0.15) is 35.3 Å². The Bertz CT molecular complexity index is 430. The molecule has 0 aliphatic carbocycles. The summed E-state index contributed by atoms with van der Waals surface area (Å²) in [6.45, 7) is 3.39. The number of ketones is 1. The summed E-state index contributed by atoms with van der Waals surface area (Å²) >= 11 is 0. The number of carbonyl (C=O) groups excluding carboxylic acids is 1. The maximum absolute atomic E-state index is 11.4. The monoisotopic (exact) mass is 203 g/mol. The zero-order valence-corrected chi connectivity index (χ0v) is 9.13. The Labute approximate surface area is 89.3 Å². The van der Waals surface area contributed by atoms with Crippen LogP contribution in [0.15, 0.2) is 12.1 Å². The summed E-state index contributed by atoms with van der Waals surface area (Å²) in [6.07, 6.45) is 0.729. The van der Waals surface area contributed by atoms with Crippen LogP contribution in [0, 0.1) is 11.3 Å². The number of hydrogen-bond acceptors (Lipinski definition) is 3. The summed E-state index contributed by atoms with van der Waals surface area (Å²) in [7, 11) is 1.49. The van der Waals surface area contributed by atoms with Crippen LogP contribution >= 0.6 is 0 Å². The first-order valence-electron chi connectivity index (χ1n) is 4.76. The Balaban J connectivity index is 3.53. The minimum Gasteiger partial charge on any atom is -0.496 e. The SMILES string of the molecule is CCc1ccc(OC)c(C(C)=O)c1C#N. The highest BCUT2D eigenvalue weighted by molar-refractivity contribution is 5.99. The molecular formula is C12H13NO2. The molecule has 0 N–H and O–H groups in total. The van der Waals surface area contributed by atoms with Crippen molar-refractivity contribution in [3.63, 3.8) is 0 Å². The smallest absolute Gasteiger partial charge is 0.164 e. The second-order valence-corrected chi connectivity index (χ2v) is 3.20. The second kappa shape index (κ2) is 4.61. The van der Waals surface area contributed by atoms with Crippen molar-refractivity contribution >= 4 is 5.78 Å². The molecule has 0 amide bonds. The van der Waals surface area contributed by atoms with E-state index in [0.717, 1.165) is 12.0 Å². The van der Waals surface area contributed by atoms with Gasteiger partial charge in [0.1, 0.15) is 11.8 Å². The number of rotatable bonds is 3. The molecule has 0 saturated carbocycles. The average molecular weight is 203 g/mol. The summed E-state index contributed by atoms with van der Waals surface area (Å²) in [6, 6.07) is 5.63. The Morgan fingerprint density at radius 3 is 2.60 bits per heavy atom. The van der Waals surface area contributed by atoms with E-state index < -0.39 is 0 Å². The maximum atomic E-state index is 11.4. The molecule has 0 aliphatic rings. The molecule has 1 aromatic rings. The first-order valence-corrected chi connectivity index (χ1v) is 4.76. The summed E-state index contributed by atoms with van der Waals surface area (Å²) in [5.41, 5.74) is 1.70. The second-order valence-electron chi connectivity index (χ2n) is 3.20. The molecule has 1 aromatic carbocycles. The summed E-state index contributed by atoms with van der Waals surface area (Å²) in [4.78, 5) is 11.4. The third-order valence-corrected chi connectivity index (χ3v) is 2.32. The molecule has 0 radical (unpaired) electrons. The number of hydrogen-bond donors (Lipinski definition) is 0. The van der Waals surface area contributed by atoms with Crippen LogP contribution in [0.5, 0.6) is 5.75 Å². The number of ether oxygens (including phenoxy) is 1. The van der Waals surface area contributed by atoms with Gasteiger partial charge in [0.25, 0.3) is 0 Å². The van der Waals surface area contributed by atoms with E-state index in [0.29, 0.717) is 16.9 Å². The molecule has 0 atom stereocenters. The lowest BCUT2D eigenvalue weighted by atomic mass is 9.97. The molecule has 0 fully saturated rings. The lowest BCUT2D eigenvalue weighted by molar-refractivity contribution is 0.101. The standard InChI is InChI=1S/C12H13NO2/c1-4-9-5-6-11(15-3)12(8(2)14)10(9)7-13/h5-6H,4H2,1-3H3. The van der Waals surface area contributed by atoms with Crippen molar-refractivity contribution in [1.29, 1.82) is 5.26 Å². The van der Waals surface area contributed by atoms with Crippen molar-refractivity contribution in [3.05, 3.63) is 28.8 Å². The van der Waals surface area contributed by atoms with Crippen LogP contribution in [0.2, 0.25) is 0 Å². The molecule has 1 rings (SSSR count). The molecule has 78 valence electrons. The van der Waals surface area contributed by atoms with E-state index >= 15 is 0 Å². The van der Waals surface area contributed by atoms with Gasteiger partial charge in [0.2, 0.25) is 0 Å². The molecule has 0 aliphatic heterocycles.